The zero-order valence-electron chi connectivity index (χ0n) is 43.0. The van der Waals surface area contributed by atoms with Gasteiger partial charge in [-0.1, -0.05) is 90.1 Å². The third kappa shape index (κ3) is 10.9. The van der Waals surface area contributed by atoms with E-state index in [1.807, 2.05) is 58.0 Å². The number of ketones is 1. The number of benzene rings is 3. The Balaban J connectivity index is 1.11. The molecule has 15 nitrogen and oxygen atoms in total. The predicted octanol–water partition coefficient (Wildman–Crippen LogP) is 7.98. The first-order valence-corrected chi connectivity index (χ1v) is 25.7. The normalized spacial score (nSPS) is 29.4. The topological polar surface area (TPSA) is 195 Å². The second kappa shape index (κ2) is 21.1. The molecule has 1 spiro atoms. The van der Waals surface area contributed by atoms with Crippen LogP contribution >= 0.6 is 0 Å². The van der Waals surface area contributed by atoms with Gasteiger partial charge in [0.1, 0.15) is 28.6 Å². The van der Waals surface area contributed by atoms with Crippen molar-refractivity contribution in [2.24, 2.45) is 39.6 Å². The molecule has 3 aromatic rings. The summed E-state index contributed by atoms with van der Waals surface area (Å²) in [7, 11) is 0. The van der Waals surface area contributed by atoms with Gasteiger partial charge in [0.15, 0.2) is 11.4 Å². The maximum atomic E-state index is 14.8. The monoisotopic (exact) mass is 975 g/mol. The Morgan fingerprint density at radius 2 is 1.63 bits per heavy atom. The molecule has 0 saturated carbocycles. The molecule has 6 aliphatic heterocycles. The van der Waals surface area contributed by atoms with Crippen LogP contribution in [0.5, 0.6) is 17.2 Å². The molecule has 2 fully saturated rings. The smallest absolute Gasteiger partial charge is 0.407 e. The van der Waals surface area contributed by atoms with Crippen molar-refractivity contribution >= 4 is 34.2 Å². The number of phenolic OH excluding ortho intramolecular Hbond substituents is 2. The third-order valence-corrected chi connectivity index (χ3v) is 15.3. The number of aliphatic hydroxyl groups excluding tert-OH is 1. The molecule has 5 N–H and O–H groups in total. The van der Waals surface area contributed by atoms with Crippen molar-refractivity contribution in [1.82, 2.24) is 15.1 Å². The van der Waals surface area contributed by atoms with Crippen LogP contribution in [0.1, 0.15) is 115 Å². The maximum absolute atomic E-state index is 14.8. The summed E-state index contributed by atoms with van der Waals surface area (Å²) < 4.78 is 18.8. The Labute approximate surface area is 417 Å². The van der Waals surface area contributed by atoms with E-state index in [1.54, 1.807) is 26.0 Å². The Morgan fingerprint density at radius 3 is 2.32 bits per heavy atom. The number of nitrogens with zero attached hydrogens (tertiary/aromatic N) is 4. The summed E-state index contributed by atoms with van der Waals surface area (Å²) >= 11 is 0. The number of hydrogen-bond donors (Lipinski definition) is 5. The molecule has 7 atom stereocenters. The van der Waals surface area contributed by atoms with Crippen molar-refractivity contribution in [1.29, 1.82) is 0 Å². The van der Waals surface area contributed by atoms with Gasteiger partial charge < -0.3 is 45.1 Å². The molecule has 4 unspecified atom stereocenters. The highest BCUT2D eigenvalue weighted by Crippen LogP contribution is 2.50. The fraction of sp³-hybridized carbons (Fsp3) is 0.554. The Morgan fingerprint density at radius 1 is 0.944 bits per heavy atom. The molecule has 0 radical (unpaired) electrons. The molecule has 3 aromatic carbocycles. The number of allylic oxidation sites excluding steroid dienone is 4. The molecule has 0 aromatic heterocycles. The summed E-state index contributed by atoms with van der Waals surface area (Å²) in [5.74, 6) is -4.09. The zero-order valence-corrected chi connectivity index (χ0v) is 43.0. The number of amides is 2. The van der Waals surface area contributed by atoms with E-state index in [0.29, 0.717) is 37.2 Å². The molecule has 6 aliphatic rings. The number of rotatable bonds is 6. The number of carbonyl (C=O) groups excluding carboxylic acids is 3. The molecule has 2 saturated heterocycles. The number of piperidine rings is 2. The van der Waals surface area contributed by atoms with Crippen LogP contribution in [0, 0.1) is 36.5 Å². The number of Topliss-reactive ketones (excluding diaryl/α,β-unsaturated/α-hetero) is 1. The molecule has 5 bridgehead atoms. The van der Waals surface area contributed by atoms with Gasteiger partial charge in [-0.2, -0.15) is 0 Å². The van der Waals surface area contributed by atoms with Crippen molar-refractivity contribution in [2.45, 2.75) is 137 Å². The Hall–Kier alpha value is -5.77. The average molecular weight is 975 g/mol. The summed E-state index contributed by atoms with van der Waals surface area (Å²) in [5.41, 5.74) is 0.946. The van der Waals surface area contributed by atoms with Gasteiger partial charge in [-0.3, -0.25) is 24.5 Å². The second-order valence-corrected chi connectivity index (χ2v) is 21.6. The van der Waals surface area contributed by atoms with Gasteiger partial charge in [-0.25, -0.2) is 4.79 Å². The molecular formula is C56H74N6O9. The number of phenols is 2. The van der Waals surface area contributed by atoms with Crippen LogP contribution in [0.2, 0.25) is 0 Å². The SMILES string of the molecule is C/C1=C/C=C/C(C)C[C@@H](C)C(O)[C@@H](C)C(OC(=O)NC2CCN(Cc3ccccc3)CC2)[C@H](C)C/C=C/OC2(C)Oc3c(C)c(O)c4c(O)c(c5c(c4c3C2=O)=NC2(CCN(CC(C)C)CC2)N=5)NC1=O. The largest absolute Gasteiger partial charge is 0.507 e. The minimum atomic E-state index is -1.89. The number of likely N-dealkylation sites (tertiary alicyclic amines) is 2. The molecule has 382 valence electrons. The van der Waals surface area contributed by atoms with Gasteiger partial charge in [0, 0.05) is 87.5 Å². The van der Waals surface area contributed by atoms with Crippen molar-refractivity contribution in [3.8, 4) is 17.2 Å². The van der Waals surface area contributed by atoms with Crippen molar-refractivity contribution in [3.63, 3.8) is 0 Å². The third-order valence-electron chi connectivity index (χ3n) is 15.3. The van der Waals surface area contributed by atoms with Crippen LogP contribution in [-0.2, 0) is 20.8 Å². The molecular weight excluding hydrogens is 901 g/mol. The molecule has 9 rings (SSSR count). The van der Waals surface area contributed by atoms with Crippen LogP contribution < -0.4 is 26.1 Å². The first-order valence-electron chi connectivity index (χ1n) is 25.7. The lowest BCUT2D eigenvalue weighted by Crippen LogP contribution is -2.47. The lowest BCUT2D eigenvalue weighted by atomic mass is 9.80. The summed E-state index contributed by atoms with van der Waals surface area (Å²) in [6.07, 6.45) is 10.3. The predicted molar refractivity (Wildman–Crippen MR) is 273 cm³/mol. The first kappa shape index (κ1) is 51.6. The quantitative estimate of drug-likeness (QED) is 0.150. The molecule has 6 heterocycles. The first-order chi connectivity index (χ1) is 33.8. The van der Waals surface area contributed by atoms with E-state index in [2.05, 4.69) is 46.4 Å². The highest BCUT2D eigenvalue weighted by Gasteiger charge is 2.50. The highest BCUT2D eigenvalue weighted by molar-refractivity contribution is 6.19. The number of anilines is 1. The van der Waals surface area contributed by atoms with Gasteiger partial charge in [0.2, 0.25) is 0 Å². The van der Waals surface area contributed by atoms with Gasteiger partial charge in [0.05, 0.1) is 28.7 Å². The number of fused-ring (bicyclic) bond motifs is 13. The summed E-state index contributed by atoms with van der Waals surface area (Å²) in [6, 6.07) is 10.3. The fourth-order valence-corrected chi connectivity index (χ4v) is 11.2. The Bertz CT molecular complexity index is 2720. The minimum absolute atomic E-state index is 0.00377. The van der Waals surface area contributed by atoms with Crippen LogP contribution in [0.25, 0.3) is 10.8 Å². The number of hydrogen-bond acceptors (Lipinski definition) is 13. The van der Waals surface area contributed by atoms with E-state index < -0.39 is 53.1 Å². The fourth-order valence-electron chi connectivity index (χ4n) is 11.2. The molecule has 2 amide bonds. The van der Waals surface area contributed by atoms with Gasteiger partial charge >= 0.3 is 11.9 Å². The van der Waals surface area contributed by atoms with E-state index >= 15 is 0 Å². The molecule has 15 heteroatoms. The maximum Gasteiger partial charge on any atom is 0.407 e. The number of carbonyl (C=O) groups is 3. The van der Waals surface area contributed by atoms with E-state index in [4.69, 9.17) is 24.2 Å². The lowest BCUT2D eigenvalue weighted by Gasteiger charge is -2.36. The number of ether oxygens (including phenoxy) is 3. The van der Waals surface area contributed by atoms with Gasteiger partial charge in [0.25, 0.3) is 11.7 Å². The van der Waals surface area contributed by atoms with Gasteiger partial charge in [-0.05, 0) is 74.8 Å². The van der Waals surface area contributed by atoms with Gasteiger partial charge in [-0.15, -0.1) is 0 Å². The molecule has 0 aliphatic carbocycles. The minimum Gasteiger partial charge on any atom is -0.507 e. The van der Waals surface area contributed by atoms with Crippen LogP contribution in [-0.4, -0.2) is 105 Å². The number of nitrogens with one attached hydrogen (secondary N) is 2. The van der Waals surface area contributed by atoms with Crippen LogP contribution in [0.4, 0.5) is 10.5 Å². The van der Waals surface area contributed by atoms with E-state index in [-0.39, 0.29) is 73.6 Å². The van der Waals surface area contributed by atoms with Crippen LogP contribution in [0.3, 0.4) is 0 Å². The number of aromatic hydroxyl groups is 2. The lowest BCUT2D eigenvalue weighted by molar-refractivity contribution is -0.112. The average Bonchev–Trinajstić information content (AvgIpc) is 3.84. The van der Waals surface area contributed by atoms with E-state index in [9.17, 15) is 29.7 Å². The van der Waals surface area contributed by atoms with Crippen molar-refractivity contribution < 1.29 is 43.9 Å². The van der Waals surface area contributed by atoms with E-state index in [1.165, 1.54) is 18.7 Å². The summed E-state index contributed by atoms with van der Waals surface area (Å²) in [5, 5.41) is 42.7. The van der Waals surface area contributed by atoms with Crippen molar-refractivity contribution in [2.75, 3.05) is 38.0 Å². The summed E-state index contributed by atoms with van der Waals surface area (Å²) in [4.78, 5) is 57.8. The number of alkyl carbamates (subject to hydrolysis) is 1. The second-order valence-electron chi connectivity index (χ2n) is 21.6. The highest BCUT2D eigenvalue weighted by atomic mass is 16.7. The summed E-state index contributed by atoms with van der Waals surface area (Å²) in [6.45, 7) is 21.9. The van der Waals surface area contributed by atoms with Crippen molar-refractivity contribution in [3.05, 3.63) is 93.9 Å². The van der Waals surface area contributed by atoms with Crippen LogP contribution in [0.15, 0.2) is 76.5 Å². The Kier molecular flexibility index (Phi) is 15.4. The standard InChI is InChI=1S/C56H74N6O9/c1-32(2)30-62-26-22-56(23-27-62)59-44-41-42-48(64)38(8)51-43(41)52(66)55(9,71-51)69-28-14-17-34(4)50(70-54(68)57-40-20-24-61(25-21-40)31-39-18-11-10-12-19-39)37(7)47(63)36(6)29-33(3)15-13-16-35(5)53(67)58-46(49(42)65)45(44)60-56/h10-16,18-19,28,32-34,36-37,40,47,50,63-65H,17,20-27,29-31H2,1-9H3,(H,57,68)(H,58,67)/b15-13+,28-14+,35-16-/t33?,34-,36-,37-,47?,50?,55?/m1/s1. The number of aliphatic hydroxyl groups is 1. The van der Waals surface area contributed by atoms with E-state index in [0.717, 1.165) is 52.1 Å². The zero-order chi connectivity index (χ0) is 50.9. The molecule has 71 heavy (non-hydrogen) atoms.